The Morgan fingerprint density at radius 3 is 2.86 bits per heavy atom. The zero-order valence-electron chi connectivity index (χ0n) is 14.6. The third-order valence-electron chi connectivity index (χ3n) is 4.68. The molecule has 4 rings (SSSR count). The molecule has 1 fully saturated rings. The molecule has 0 saturated carbocycles. The molecule has 2 bridgehead atoms. The first-order chi connectivity index (χ1) is 13.3. The maximum absolute atomic E-state index is 13.9. The van der Waals surface area contributed by atoms with Crippen LogP contribution < -0.4 is 15.1 Å². The first-order valence-electron chi connectivity index (χ1n) is 8.31. The van der Waals surface area contributed by atoms with E-state index in [-0.39, 0.29) is 11.5 Å². The molecule has 1 N–H and O–H groups in total. The Morgan fingerprint density at radius 1 is 1.36 bits per heavy atom. The molecule has 2 aromatic heterocycles. The first-order valence-corrected chi connectivity index (χ1v) is 8.76. The standard InChI is InChI=1S/C17H15F2N5O3S/c1-27-15(25)11-2-3-12-14(21-11)24(17(28)4-5-23(12)8-17)16(26)22-13-10(19)6-9(18)7-20-13/h2-3,6-7,28H,4-5,8H2,1H3,(H,20,22,26)/t17-/m1/s1. The van der Waals surface area contributed by atoms with E-state index in [1.165, 1.54) is 18.1 Å². The summed E-state index contributed by atoms with van der Waals surface area (Å²) in [5, 5.41) is 2.33. The number of anilines is 3. The van der Waals surface area contributed by atoms with Crippen LogP contribution >= 0.6 is 12.6 Å². The number of thiol groups is 1. The number of hydrogen-bond donors (Lipinski definition) is 2. The lowest BCUT2D eigenvalue weighted by molar-refractivity contribution is 0.0594. The second kappa shape index (κ2) is 6.59. The highest BCUT2D eigenvalue weighted by Gasteiger charge is 2.50. The van der Waals surface area contributed by atoms with Gasteiger partial charge < -0.3 is 9.64 Å². The van der Waals surface area contributed by atoms with E-state index in [4.69, 9.17) is 4.74 Å². The Bertz CT molecular complexity index is 991. The number of methoxy groups -OCH3 is 1. The summed E-state index contributed by atoms with van der Waals surface area (Å²) in [6.07, 6.45) is 1.32. The molecule has 4 heterocycles. The van der Waals surface area contributed by atoms with Crippen molar-refractivity contribution in [3.63, 3.8) is 0 Å². The lowest BCUT2D eigenvalue weighted by atomic mass is 10.1. The van der Waals surface area contributed by atoms with Crippen LogP contribution in [0.3, 0.4) is 0 Å². The molecular weight excluding hydrogens is 392 g/mol. The maximum Gasteiger partial charge on any atom is 0.356 e. The van der Waals surface area contributed by atoms with Gasteiger partial charge in [0.15, 0.2) is 23.1 Å². The van der Waals surface area contributed by atoms with E-state index in [0.29, 0.717) is 31.3 Å². The molecule has 0 aromatic carbocycles. The first kappa shape index (κ1) is 18.4. The molecule has 28 heavy (non-hydrogen) atoms. The largest absolute Gasteiger partial charge is 0.464 e. The molecule has 1 atom stereocenters. The average molecular weight is 407 g/mol. The Morgan fingerprint density at radius 2 is 2.14 bits per heavy atom. The molecule has 2 amide bonds. The molecule has 2 aliphatic rings. The molecule has 0 aliphatic carbocycles. The lowest BCUT2D eigenvalue weighted by Gasteiger charge is -2.41. The van der Waals surface area contributed by atoms with E-state index >= 15 is 0 Å². The van der Waals surface area contributed by atoms with E-state index in [1.807, 2.05) is 4.90 Å². The quantitative estimate of drug-likeness (QED) is 0.587. The number of amides is 2. The predicted molar refractivity (Wildman–Crippen MR) is 99.8 cm³/mol. The van der Waals surface area contributed by atoms with E-state index in [9.17, 15) is 18.4 Å². The maximum atomic E-state index is 13.9. The number of pyridine rings is 2. The fourth-order valence-corrected chi connectivity index (χ4v) is 3.84. The minimum Gasteiger partial charge on any atom is -0.464 e. The molecule has 0 spiro atoms. The van der Waals surface area contributed by atoms with Gasteiger partial charge >= 0.3 is 12.0 Å². The van der Waals surface area contributed by atoms with Gasteiger partial charge in [0.05, 0.1) is 25.5 Å². The molecule has 0 unspecified atom stereocenters. The molecule has 2 aliphatic heterocycles. The van der Waals surface area contributed by atoms with Crippen LogP contribution in [0.15, 0.2) is 24.4 Å². The van der Waals surface area contributed by atoms with Gasteiger partial charge in [0.25, 0.3) is 0 Å². The van der Waals surface area contributed by atoms with Crippen molar-refractivity contribution in [3.05, 3.63) is 41.7 Å². The van der Waals surface area contributed by atoms with Gasteiger partial charge in [-0.15, -0.1) is 12.6 Å². The van der Waals surface area contributed by atoms with Gasteiger partial charge in [-0.1, -0.05) is 0 Å². The number of hydrogen-bond acceptors (Lipinski definition) is 7. The molecule has 8 nitrogen and oxygen atoms in total. The number of nitrogens with one attached hydrogen (secondary N) is 1. The second-order valence-corrected chi connectivity index (χ2v) is 7.27. The van der Waals surface area contributed by atoms with Gasteiger partial charge in [0, 0.05) is 12.6 Å². The number of rotatable bonds is 2. The zero-order valence-corrected chi connectivity index (χ0v) is 15.5. The third-order valence-corrected chi connectivity index (χ3v) is 5.25. The van der Waals surface area contributed by atoms with E-state index < -0.39 is 34.3 Å². The predicted octanol–water partition coefficient (Wildman–Crippen LogP) is 2.43. The normalized spacial score (nSPS) is 20.0. The van der Waals surface area contributed by atoms with Crippen LogP contribution in [0.1, 0.15) is 16.9 Å². The second-order valence-electron chi connectivity index (χ2n) is 6.43. The zero-order chi connectivity index (χ0) is 20.1. The van der Waals surface area contributed by atoms with Crippen molar-refractivity contribution in [1.29, 1.82) is 0 Å². The van der Waals surface area contributed by atoms with Crippen LogP contribution in [-0.2, 0) is 4.74 Å². The fourth-order valence-electron chi connectivity index (χ4n) is 3.38. The van der Waals surface area contributed by atoms with Crippen molar-refractivity contribution >= 4 is 42.0 Å². The van der Waals surface area contributed by atoms with E-state index in [2.05, 4.69) is 27.9 Å². The van der Waals surface area contributed by atoms with Crippen LogP contribution in [0, 0.1) is 11.6 Å². The monoisotopic (exact) mass is 407 g/mol. The number of aromatic nitrogens is 2. The number of carbonyl (C=O) groups is 2. The summed E-state index contributed by atoms with van der Waals surface area (Å²) >= 11 is 4.66. The number of esters is 1. The number of fused-ring (bicyclic) bond motifs is 4. The van der Waals surface area contributed by atoms with Gasteiger partial charge in [-0.2, -0.15) is 0 Å². The van der Waals surface area contributed by atoms with Crippen LogP contribution in [0.5, 0.6) is 0 Å². The summed E-state index contributed by atoms with van der Waals surface area (Å²) in [5.41, 5.74) is 0.655. The summed E-state index contributed by atoms with van der Waals surface area (Å²) in [7, 11) is 1.23. The number of carbonyl (C=O) groups excluding carboxylic acids is 2. The minimum atomic E-state index is -1.01. The molecule has 146 valence electrons. The average Bonchev–Trinajstić information content (AvgIpc) is 3.01. The Hall–Kier alpha value is -2.95. The highest BCUT2D eigenvalue weighted by atomic mass is 32.1. The van der Waals surface area contributed by atoms with E-state index in [0.717, 1.165) is 6.20 Å². The molecule has 2 aromatic rings. The van der Waals surface area contributed by atoms with Crippen molar-refractivity contribution in [2.75, 3.05) is 35.3 Å². The van der Waals surface area contributed by atoms with Crippen molar-refractivity contribution in [1.82, 2.24) is 9.97 Å². The summed E-state index contributed by atoms with van der Waals surface area (Å²) in [4.78, 5) is 35.1. The topological polar surface area (TPSA) is 87.7 Å². The Balaban J connectivity index is 1.75. The number of urea groups is 1. The van der Waals surface area contributed by atoms with Crippen molar-refractivity contribution in [3.8, 4) is 0 Å². The SMILES string of the molecule is COC(=O)c1ccc2c(n1)N(C(=O)Nc1ncc(F)cc1F)[C@@]1(S)CCN2C1. The molecule has 0 radical (unpaired) electrons. The van der Waals surface area contributed by atoms with Crippen molar-refractivity contribution < 1.29 is 23.1 Å². The lowest BCUT2D eigenvalue weighted by Crippen LogP contribution is -2.55. The van der Waals surface area contributed by atoms with Crippen molar-refractivity contribution in [2.24, 2.45) is 0 Å². The van der Waals surface area contributed by atoms with Crippen LogP contribution in [-0.4, -0.2) is 47.0 Å². The fraction of sp³-hybridized carbons (Fsp3) is 0.294. The third kappa shape index (κ3) is 2.91. The molecule has 1 saturated heterocycles. The van der Waals surface area contributed by atoms with Crippen LogP contribution in [0.2, 0.25) is 0 Å². The number of ether oxygens (including phenoxy) is 1. The summed E-state index contributed by atoms with van der Waals surface area (Å²) in [6, 6.07) is 3.05. The van der Waals surface area contributed by atoms with Gasteiger partial charge in [-0.25, -0.2) is 28.3 Å². The Labute approximate surface area is 163 Å². The van der Waals surface area contributed by atoms with Gasteiger partial charge in [0.2, 0.25) is 0 Å². The summed E-state index contributed by atoms with van der Waals surface area (Å²) < 4.78 is 31.7. The van der Waals surface area contributed by atoms with E-state index in [1.54, 1.807) is 6.07 Å². The smallest absolute Gasteiger partial charge is 0.356 e. The molecular formula is C17H15F2N5O3S. The Kier molecular flexibility index (Phi) is 4.33. The molecule has 11 heteroatoms. The van der Waals surface area contributed by atoms with Gasteiger partial charge in [-0.05, 0) is 18.6 Å². The van der Waals surface area contributed by atoms with Crippen molar-refractivity contribution in [2.45, 2.75) is 11.3 Å². The van der Waals surface area contributed by atoms with Gasteiger partial charge in [-0.3, -0.25) is 10.2 Å². The minimum absolute atomic E-state index is 0.0181. The van der Waals surface area contributed by atoms with Crippen LogP contribution in [0.4, 0.5) is 30.9 Å². The van der Waals surface area contributed by atoms with Gasteiger partial charge in [0.1, 0.15) is 10.7 Å². The number of halogens is 2. The summed E-state index contributed by atoms with van der Waals surface area (Å²) in [6.45, 7) is 1.05. The summed E-state index contributed by atoms with van der Waals surface area (Å²) in [5.74, 6) is -2.75. The van der Waals surface area contributed by atoms with Crippen LogP contribution in [0.25, 0.3) is 0 Å². The highest BCUT2D eigenvalue weighted by Crippen LogP contribution is 2.46. The number of nitrogens with zero attached hydrogens (tertiary/aromatic N) is 4. The highest BCUT2D eigenvalue weighted by molar-refractivity contribution is 7.82.